The van der Waals surface area contributed by atoms with E-state index in [0.717, 1.165) is 6.54 Å². The van der Waals surface area contributed by atoms with E-state index in [4.69, 9.17) is 4.74 Å². The average molecular weight is 249 g/mol. The zero-order chi connectivity index (χ0) is 12.3. The predicted molar refractivity (Wildman–Crippen MR) is 74.7 cm³/mol. The minimum Gasteiger partial charge on any atom is -0.380 e. The average Bonchev–Trinajstić information content (AvgIpc) is 2.83. The fourth-order valence-corrected chi connectivity index (χ4v) is 3.10. The van der Waals surface area contributed by atoms with Crippen LogP contribution in [0.5, 0.6) is 0 Å². The summed E-state index contributed by atoms with van der Waals surface area (Å²) in [5, 5.41) is 6.98. The van der Waals surface area contributed by atoms with Crippen LogP contribution in [-0.4, -0.2) is 19.8 Å². The van der Waals surface area contributed by atoms with Gasteiger partial charge in [-0.1, -0.05) is 25.1 Å². The van der Waals surface area contributed by atoms with Gasteiger partial charge in [0.1, 0.15) is 0 Å². The van der Waals surface area contributed by atoms with Crippen LogP contribution >= 0.6 is 11.3 Å². The van der Waals surface area contributed by atoms with Gasteiger partial charge in [-0.25, -0.2) is 0 Å². The maximum absolute atomic E-state index is 5.49. The molecule has 0 saturated heterocycles. The summed E-state index contributed by atoms with van der Waals surface area (Å²) < 4.78 is 6.85. The Kier molecular flexibility index (Phi) is 4.15. The number of likely N-dealkylation sites (N-methyl/N-ethyl adjacent to an activating group) is 1. The lowest BCUT2D eigenvalue weighted by Crippen LogP contribution is -2.31. The third-order valence-corrected chi connectivity index (χ3v) is 4.09. The highest BCUT2D eigenvalue weighted by molar-refractivity contribution is 7.17. The Bertz CT molecular complexity index is 480. The maximum atomic E-state index is 5.49. The summed E-state index contributed by atoms with van der Waals surface area (Å²) in [7, 11) is 1.77. The van der Waals surface area contributed by atoms with E-state index in [0.29, 0.717) is 0 Å². The first-order valence-electron chi connectivity index (χ1n) is 6.00. The first-order valence-corrected chi connectivity index (χ1v) is 6.88. The molecule has 0 fully saturated rings. The topological polar surface area (TPSA) is 21.3 Å². The second kappa shape index (κ2) is 5.63. The van der Waals surface area contributed by atoms with E-state index in [2.05, 4.69) is 48.8 Å². The zero-order valence-electron chi connectivity index (χ0n) is 10.6. The number of hydrogen-bond donors (Lipinski definition) is 1. The number of rotatable bonds is 5. The van der Waals surface area contributed by atoms with E-state index < -0.39 is 0 Å². The van der Waals surface area contributed by atoms with Crippen molar-refractivity contribution in [3.8, 4) is 0 Å². The molecule has 0 aliphatic carbocycles. The molecule has 2 nitrogen and oxygen atoms in total. The van der Waals surface area contributed by atoms with Gasteiger partial charge in [0.05, 0.1) is 12.1 Å². The van der Waals surface area contributed by atoms with Crippen molar-refractivity contribution in [1.82, 2.24) is 5.32 Å². The maximum Gasteiger partial charge on any atom is 0.0738 e. The summed E-state index contributed by atoms with van der Waals surface area (Å²) in [4.78, 5) is 0. The highest BCUT2D eigenvalue weighted by Crippen LogP contribution is 2.31. The van der Waals surface area contributed by atoms with E-state index in [1.54, 1.807) is 18.4 Å². The molecule has 2 unspecified atom stereocenters. The largest absolute Gasteiger partial charge is 0.380 e. The lowest BCUT2D eigenvalue weighted by Gasteiger charge is -2.24. The van der Waals surface area contributed by atoms with Crippen LogP contribution in [0.4, 0.5) is 0 Å². The van der Waals surface area contributed by atoms with Crippen LogP contribution < -0.4 is 5.32 Å². The Balaban J connectivity index is 2.44. The Morgan fingerprint density at radius 2 is 2.18 bits per heavy atom. The Hall–Kier alpha value is -0.900. The third kappa shape index (κ3) is 2.51. The van der Waals surface area contributed by atoms with Crippen LogP contribution in [0, 0.1) is 0 Å². The van der Waals surface area contributed by atoms with Crippen LogP contribution in [0.25, 0.3) is 10.1 Å². The van der Waals surface area contributed by atoms with Gasteiger partial charge in [-0.05, 0) is 35.9 Å². The van der Waals surface area contributed by atoms with Crippen LogP contribution in [0.2, 0.25) is 0 Å². The molecule has 1 aromatic heterocycles. The van der Waals surface area contributed by atoms with Crippen LogP contribution in [-0.2, 0) is 4.74 Å². The van der Waals surface area contributed by atoms with E-state index in [1.807, 2.05) is 0 Å². The van der Waals surface area contributed by atoms with Gasteiger partial charge in [0, 0.05) is 11.8 Å². The smallest absolute Gasteiger partial charge is 0.0738 e. The summed E-state index contributed by atoms with van der Waals surface area (Å²) in [6, 6.07) is 8.91. The van der Waals surface area contributed by atoms with Crippen molar-refractivity contribution in [3.63, 3.8) is 0 Å². The van der Waals surface area contributed by atoms with Crippen molar-refractivity contribution >= 4 is 21.4 Å². The molecule has 0 saturated carbocycles. The summed E-state index contributed by atoms with van der Waals surface area (Å²) in [6.45, 7) is 5.18. The number of nitrogens with one attached hydrogen (secondary N) is 1. The van der Waals surface area contributed by atoms with E-state index in [-0.39, 0.29) is 12.1 Å². The van der Waals surface area contributed by atoms with Gasteiger partial charge < -0.3 is 10.1 Å². The number of fused-ring (bicyclic) bond motifs is 1. The van der Waals surface area contributed by atoms with Crippen molar-refractivity contribution in [2.75, 3.05) is 13.7 Å². The summed E-state index contributed by atoms with van der Waals surface area (Å²) in [6.07, 6.45) is 0.169. The minimum absolute atomic E-state index is 0.169. The first-order chi connectivity index (χ1) is 8.27. The molecule has 2 aromatic rings. The molecule has 0 bridgehead atoms. The van der Waals surface area contributed by atoms with Gasteiger partial charge in [-0.15, -0.1) is 11.3 Å². The van der Waals surface area contributed by atoms with E-state index in [1.165, 1.54) is 15.6 Å². The molecule has 1 aromatic carbocycles. The molecule has 0 spiro atoms. The van der Waals surface area contributed by atoms with E-state index >= 15 is 0 Å². The molecule has 1 heterocycles. The van der Waals surface area contributed by atoms with Gasteiger partial charge in [-0.3, -0.25) is 0 Å². The van der Waals surface area contributed by atoms with Crippen molar-refractivity contribution in [3.05, 3.63) is 35.2 Å². The molecule has 1 N–H and O–H groups in total. The third-order valence-electron chi connectivity index (χ3n) is 3.11. The number of ether oxygens (including phenoxy) is 1. The molecule has 17 heavy (non-hydrogen) atoms. The molecule has 0 amide bonds. The Morgan fingerprint density at radius 3 is 2.88 bits per heavy atom. The molecule has 2 rings (SSSR count). The highest BCUT2D eigenvalue weighted by atomic mass is 32.1. The zero-order valence-corrected chi connectivity index (χ0v) is 11.4. The first kappa shape index (κ1) is 12.6. The summed E-state index contributed by atoms with van der Waals surface area (Å²) >= 11 is 1.80. The van der Waals surface area contributed by atoms with Gasteiger partial charge in [0.2, 0.25) is 0 Å². The van der Waals surface area contributed by atoms with E-state index in [9.17, 15) is 0 Å². The number of benzene rings is 1. The molecule has 0 aliphatic heterocycles. The highest BCUT2D eigenvalue weighted by Gasteiger charge is 2.20. The normalized spacial score (nSPS) is 15.0. The summed E-state index contributed by atoms with van der Waals surface area (Å²) in [5.74, 6) is 0. The monoisotopic (exact) mass is 249 g/mol. The molecular weight excluding hydrogens is 230 g/mol. The molecular formula is C14H19NOS. The summed E-state index contributed by atoms with van der Waals surface area (Å²) in [5.41, 5.74) is 1.34. The van der Waals surface area contributed by atoms with Gasteiger partial charge in [0.15, 0.2) is 0 Å². The van der Waals surface area contributed by atoms with Gasteiger partial charge in [-0.2, -0.15) is 0 Å². The van der Waals surface area contributed by atoms with Crippen LogP contribution in [0.3, 0.4) is 0 Å². The van der Waals surface area contributed by atoms with Crippen molar-refractivity contribution in [2.24, 2.45) is 0 Å². The number of thiophene rings is 1. The van der Waals surface area contributed by atoms with Gasteiger partial charge >= 0.3 is 0 Å². The quantitative estimate of drug-likeness (QED) is 0.874. The molecule has 2 atom stereocenters. The fraction of sp³-hybridized carbons (Fsp3) is 0.429. The Morgan fingerprint density at radius 1 is 1.35 bits per heavy atom. The molecule has 0 radical (unpaired) electrons. The van der Waals surface area contributed by atoms with Gasteiger partial charge in [0.25, 0.3) is 0 Å². The second-order valence-corrected chi connectivity index (χ2v) is 5.08. The number of hydrogen-bond acceptors (Lipinski definition) is 3. The standard InChI is InChI=1S/C14H19NOS/c1-4-15-13(10(2)16-3)12-7-5-6-11-8-9-17-14(11)12/h5-10,13,15H,4H2,1-3H3. The van der Waals surface area contributed by atoms with Crippen molar-refractivity contribution in [2.45, 2.75) is 26.0 Å². The second-order valence-electron chi connectivity index (χ2n) is 4.16. The molecule has 3 heteroatoms. The SMILES string of the molecule is CCNC(c1cccc2ccsc12)C(C)OC. The minimum atomic E-state index is 0.169. The van der Waals surface area contributed by atoms with Crippen LogP contribution in [0.1, 0.15) is 25.5 Å². The van der Waals surface area contributed by atoms with Crippen molar-refractivity contribution < 1.29 is 4.74 Å². The Labute approximate surface area is 107 Å². The number of methoxy groups -OCH3 is 1. The molecule has 0 aliphatic rings. The van der Waals surface area contributed by atoms with Crippen LogP contribution in [0.15, 0.2) is 29.6 Å². The lowest BCUT2D eigenvalue weighted by molar-refractivity contribution is 0.0841. The fourth-order valence-electron chi connectivity index (χ4n) is 2.15. The molecule has 92 valence electrons. The van der Waals surface area contributed by atoms with Crippen molar-refractivity contribution in [1.29, 1.82) is 0 Å². The predicted octanol–water partition coefficient (Wildman–Crippen LogP) is 3.59. The lowest BCUT2D eigenvalue weighted by atomic mass is 10.0.